The van der Waals surface area contributed by atoms with Gasteiger partial charge in [-0.15, -0.1) is 0 Å². The number of hydrogen-bond acceptors (Lipinski definition) is 3. The number of carbonyl (C=O) groups is 1. The Kier molecular flexibility index (Phi) is 4.76. The molecular formula is C17H22N2O2S. The minimum Gasteiger partial charge on any atom is -0.333 e. The molecule has 1 aromatic heterocycles. The van der Waals surface area contributed by atoms with Crippen LogP contribution in [-0.2, 0) is 21.8 Å². The van der Waals surface area contributed by atoms with E-state index in [1.54, 1.807) is 13.0 Å². The van der Waals surface area contributed by atoms with Gasteiger partial charge in [0.2, 0.25) is 0 Å². The Morgan fingerprint density at radius 3 is 2.59 bits per heavy atom. The van der Waals surface area contributed by atoms with Crippen molar-refractivity contribution in [2.24, 2.45) is 7.05 Å². The molecule has 1 aromatic carbocycles. The maximum Gasteiger partial charge on any atom is 0.187 e. The molecule has 2 rings (SSSR count). The zero-order valence-corrected chi connectivity index (χ0v) is 14.3. The molecule has 0 aliphatic heterocycles. The molecule has 0 atom stereocenters. The highest BCUT2D eigenvalue weighted by Gasteiger charge is 2.21. The summed E-state index contributed by atoms with van der Waals surface area (Å²) >= 11 is 0. The second-order valence-corrected chi connectivity index (χ2v) is 8.47. The van der Waals surface area contributed by atoms with Gasteiger partial charge in [-0.05, 0) is 35.9 Å². The summed E-state index contributed by atoms with van der Waals surface area (Å²) in [6, 6.07) is 7.32. The molecule has 0 saturated carbocycles. The smallest absolute Gasteiger partial charge is 0.187 e. The van der Waals surface area contributed by atoms with Gasteiger partial charge in [-0.3, -0.25) is 9.00 Å². The van der Waals surface area contributed by atoms with Crippen LogP contribution in [-0.4, -0.2) is 25.1 Å². The molecule has 0 bridgehead atoms. The van der Waals surface area contributed by atoms with Crippen molar-refractivity contribution in [3.05, 3.63) is 41.7 Å². The van der Waals surface area contributed by atoms with Gasteiger partial charge in [-0.25, -0.2) is 4.98 Å². The van der Waals surface area contributed by atoms with Gasteiger partial charge in [-0.2, -0.15) is 0 Å². The van der Waals surface area contributed by atoms with Gasteiger partial charge in [0.25, 0.3) is 0 Å². The standard InChI is InChI=1S/C17H22N2O2S/c1-5-22(21,12-20)16-9-7-6-8-15(16)17-18-14(10-13(2)3)11-19(17)4/h6-12,22H,5H2,1-4H3. The van der Waals surface area contributed by atoms with Crippen LogP contribution in [0.25, 0.3) is 17.5 Å². The molecule has 0 unspecified atom stereocenters. The third-order valence-corrected chi connectivity index (χ3v) is 6.01. The predicted octanol–water partition coefficient (Wildman–Crippen LogP) is 3.10. The third kappa shape index (κ3) is 3.09. The van der Waals surface area contributed by atoms with Gasteiger partial charge in [0.15, 0.2) is 5.62 Å². The van der Waals surface area contributed by atoms with Gasteiger partial charge in [0, 0.05) is 29.5 Å². The summed E-state index contributed by atoms with van der Waals surface area (Å²) < 4.78 is 14.7. The lowest BCUT2D eigenvalue weighted by atomic mass is 10.2. The average Bonchev–Trinajstić information content (AvgIpc) is 2.86. The second-order valence-electron chi connectivity index (χ2n) is 5.56. The Labute approximate surface area is 132 Å². The number of benzene rings is 1. The summed E-state index contributed by atoms with van der Waals surface area (Å²) in [7, 11) is -1.12. The molecule has 2 aromatic rings. The molecule has 4 nitrogen and oxygen atoms in total. The van der Waals surface area contributed by atoms with Crippen molar-refractivity contribution in [1.82, 2.24) is 9.55 Å². The molecule has 5 heteroatoms. The second kappa shape index (κ2) is 6.40. The molecule has 0 spiro atoms. The van der Waals surface area contributed by atoms with Crippen molar-refractivity contribution in [2.75, 3.05) is 5.75 Å². The Balaban J connectivity index is 2.65. The molecule has 0 saturated heterocycles. The van der Waals surface area contributed by atoms with Crippen molar-refractivity contribution < 1.29 is 9.00 Å². The van der Waals surface area contributed by atoms with Gasteiger partial charge in [-0.1, -0.05) is 30.7 Å². The monoisotopic (exact) mass is 318 g/mol. The predicted molar refractivity (Wildman–Crippen MR) is 93.1 cm³/mol. The minimum atomic E-state index is -3.02. The summed E-state index contributed by atoms with van der Waals surface area (Å²) in [6.45, 7) is 5.80. The van der Waals surface area contributed by atoms with Crippen LogP contribution < -0.4 is 0 Å². The largest absolute Gasteiger partial charge is 0.333 e. The van der Waals surface area contributed by atoms with E-state index in [-0.39, 0.29) is 0 Å². The molecule has 0 N–H and O–H groups in total. The zero-order valence-electron chi connectivity index (χ0n) is 13.4. The SMILES string of the molecule is CC[SH](=O)(C=O)c1ccccc1-c1nc(C=C(C)C)cn1C. The summed E-state index contributed by atoms with van der Waals surface area (Å²) in [5.74, 6) is 1.04. The fourth-order valence-corrected chi connectivity index (χ4v) is 3.92. The average molecular weight is 318 g/mol. The van der Waals surface area contributed by atoms with Crippen molar-refractivity contribution in [1.29, 1.82) is 0 Å². The number of aryl methyl sites for hydroxylation is 1. The van der Waals surface area contributed by atoms with E-state index in [2.05, 4.69) is 4.98 Å². The number of hydrogen-bond donors (Lipinski definition) is 1. The number of imidazole rings is 1. The molecule has 118 valence electrons. The third-order valence-electron chi connectivity index (χ3n) is 3.52. The molecule has 0 aliphatic carbocycles. The fourth-order valence-electron chi connectivity index (χ4n) is 2.40. The number of nitrogens with zero attached hydrogens (tertiary/aromatic N) is 2. The summed E-state index contributed by atoms with van der Waals surface area (Å²) in [4.78, 5) is 16.6. The van der Waals surface area contributed by atoms with Gasteiger partial charge in [0.1, 0.15) is 5.82 Å². The first kappa shape index (κ1) is 16.4. The minimum absolute atomic E-state index is 0.318. The van der Waals surface area contributed by atoms with E-state index >= 15 is 0 Å². The van der Waals surface area contributed by atoms with Crippen molar-refractivity contribution >= 4 is 21.6 Å². The maximum atomic E-state index is 12.8. The van der Waals surface area contributed by atoms with Crippen LogP contribution in [0, 0.1) is 0 Å². The molecule has 22 heavy (non-hydrogen) atoms. The normalized spacial score (nSPS) is 12.0. The van der Waals surface area contributed by atoms with Crippen LogP contribution in [0.5, 0.6) is 0 Å². The Morgan fingerprint density at radius 2 is 2.00 bits per heavy atom. The van der Waals surface area contributed by atoms with E-state index in [1.165, 1.54) is 0 Å². The lowest BCUT2D eigenvalue weighted by molar-refractivity contribution is 0.565. The number of aromatic nitrogens is 2. The molecule has 0 fully saturated rings. The van der Waals surface area contributed by atoms with Gasteiger partial charge in [0.05, 0.1) is 5.69 Å². The molecule has 0 aliphatic rings. The van der Waals surface area contributed by atoms with Crippen molar-refractivity contribution in [2.45, 2.75) is 25.7 Å². The van der Waals surface area contributed by atoms with Crippen molar-refractivity contribution in [3.63, 3.8) is 0 Å². The van der Waals surface area contributed by atoms with Crippen LogP contribution in [0.3, 0.4) is 0 Å². The lowest BCUT2D eigenvalue weighted by Crippen LogP contribution is -2.17. The van der Waals surface area contributed by atoms with E-state index in [1.807, 2.05) is 55.9 Å². The topological polar surface area (TPSA) is 52.0 Å². The van der Waals surface area contributed by atoms with Crippen LogP contribution in [0.2, 0.25) is 0 Å². The highest BCUT2D eigenvalue weighted by atomic mass is 32.2. The van der Waals surface area contributed by atoms with Gasteiger partial charge >= 0.3 is 0 Å². The lowest BCUT2D eigenvalue weighted by Gasteiger charge is -2.18. The first-order valence-electron chi connectivity index (χ1n) is 7.24. The summed E-state index contributed by atoms with van der Waals surface area (Å²) in [6.07, 6.45) is 3.92. The highest BCUT2D eigenvalue weighted by Crippen LogP contribution is 2.30. The fraction of sp³-hybridized carbons (Fsp3) is 0.294. The Bertz CT molecular complexity index is 771. The highest BCUT2D eigenvalue weighted by molar-refractivity contribution is 8.15. The molecule has 0 amide bonds. The van der Waals surface area contributed by atoms with E-state index < -0.39 is 9.93 Å². The van der Waals surface area contributed by atoms with Crippen LogP contribution in [0.15, 0.2) is 40.9 Å². The van der Waals surface area contributed by atoms with Crippen LogP contribution >= 0.6 is 0 Å². The Morgan fingerprint density at radius 1 is 1.32 bits per heavy atom. The number of thiol groups is 1. The summed E-state index contributed by atoms with van der Waals surface area (Å²) in [5, 5.41) is 0. The zero-order chi connectivity index (χ0) is 16.3. The Hall–Kier alpha value is -2.01. The number of carbonyl (C=O) groups excluding carboxylic acids is 1. The quantitative estimate of drug-likeness (QED) is 0.681. The summed E-state index contributed by atoms with van der Waals surface area (Å²) in [5.41, 5.74) is 3.37. The van der Waals surface area contributed by atoms with E-state index in [0.717, 1.165) is 22.7 Å². The van der Waals surface area contributed by atoms with E-state index in [9.17, 15) is 9.00 Å². The molecule has 0 radical (unpaired) electrons. The van der Waals surface area contributed by atoms with E-state index in [4.69, 9.17) is 0 Å². The number of allylic oxidation sites excluding steroid dienone is 1. The van der Waals surface area contributed by atoms with E-state index in [0.29, 0.717) is 16.3 Å². The van der Waals surface area contributed by atoms with Crippen LogP contribution in [0.4, 0.5) is 0 Å². The van der Waals surface area contributed by atoms with Gasteiger partial charge < -0.3 is 4.57 Å². The maximum absolute atomic E-state index is 12.8. The molecule has 1 heterocycles. The molecular weight excluding hydrogens is 296 g/mol. The number of rotatable bonds is 5. The first-order valence-corrected chi connectivity index (χ1v) is 9.20. The van der Waals surface area contributed by atoms with Crippen LogP contribution in [0.1, 0.15) is 26.5 Å². The van der Waals surface area contributed by atoms with Crippen molar-refractivity contribution in [3.8, 4) is 11.4 Å². The first-order chi connectivity index (χ1) is 10.4.